The van der Waals surface area contributed by atoms with Crippen molar-refractivity contribution in [3.05, 3.63) is 34.6 Å². The van der Waals surface area contributed by atoms with Crippen LogP contribution in [0.4, 0.5) is 0 Å². The largest absolute Gasteiger partial charge is 0.334 e. The molecule has 90 valence electrons. The Morgan fingerprint density at radius 1 is 1.29 bits per heavy atom. The Morgan fingerprint density at radius 3 is 2.53 bits per heavy atom. The van der Waals surface area contributed by atoms with Crippen molar-refractivity contribution in [2.24, 2.45) is 0 Å². The van der Waals surface area contributed by atoms with Crippen molar-refractivity contribution >= 4 is 26.0 Å². The molecule has 1 N–H and O–H groups in total. The molecule has 0 radical (unpaired) electrons. The van der Waals surface area contributed by atoms with Gasteiger partial charge in [0.25, 0.3) is 16.0 Å². The first-order valence-electron chi connectivity index (χ1n) is 4.48. The summed E-state index contributed by atoms with van der Waals surface area (Å²) >= 11 is 3.28. The van der Waals surface area contributed by atoms with E-state index in [2.05, 4.69) is 26.1 Å². The van der Waals surface area contributed by atoms with Gasteiger partial charge in [0.2, 0.25) is 0 Å². The average Bonchev–Trinajstić information content (AvgIpc) is 2.64. The second-order valence-corrected chi connectivity index (χ2v) is 5.62. The molecule has 0 atom stereocenters. The molecule has 0 saturated heterocycles. The summed E-state index contributed by atoms with van der Waals surface area (Å²) in [5, 5.41) is 3.46. The maximum atomic E-state index is 10.6. The average molecular weight is 319 g/mol. The number of aromatic nitrogens is 2. The first-order chi connectivity index (χ1) is 7.94. The minimum Gasteiger partial charge on any atom is -0.334 e. The summed E-state index contributed by atoms with van der Waals surface area (Å²) in [6.45, 7) is 0. The Labute approximate surface area is 106 Å². The van der Waals surface area contributed by atoms with Crippen LogP contribution in [0.1, 0.15) is 5.82 Å². The fourth-order valence-electron chi connectivity index (χ4n) is 1.19. The lowest BCUT2D eigenvalue weighted by molar-refractivity contribution is 0.422. The topological polar surface area (TPSA) is 93.3 Å². The van der Waals surface area contributed by atoms with Gasteiger partial charge in [-0.1, -0.05) is 21.1 Å². The number of rotatable bonds is 3. The third-order valence-electron chi connectivity index (χ3n) is 1.87. The van der Waals surface area contributed by atoms with E-state index in [9.17, 15) is 8.42 Å². The quantitative estimate of drug-likeness (QED) is 0.868. The molecule has 8 heteroatoms. The second kappa shape index (κ2) is 4.55. The van der Waals surface area contributed by atoms with Gasteiger partial charge in [0.1, 0.15) is 5.75 Å². The van der Waals surface area contributed by atoms with Gasteiger partial charge >= 0.3 is 0 Å². The van der Waals surface area contributed by atoms with Gasteiger partial charge in [-0.05, 0) is 24.3 Å². The molecular weight excluding hydrogens is 312 g/mol. The van der Waals surface area contributed by atoms with Crippen molar-refractivity contribution < 1.29 is 17.5 Å². The van der Waals surface area contributed by atoms with Crippen LogP contribution >= 0.6 is 15.9 Å². The van der Waals surface area contributed by atoms with Crippen molar-refractivity contribution in [2.45, 2.75) is 5.75 Å². The monoisotopic (exact) mass is 318 g/mol. The highest BCUT2D eigenvalue weighted by molar-refractivity contribution is 9.10. The van der Waals surface area contributed by atoms with Crippen LogP contribution in [-0.4, -0.2) is 23.1 Å². The first-order valence-corrected chi connectivity index (χ1v) is 6.88. The van der Waals surface area contributed by atoms with E-state index >= 15 is 0 Å². The number of hydrogen-bond acceptors (Lipinski definition) is 5. The molecule has 0 amide bonds. The highest BCUT2D eigenvalue weighted by atomic mass is 79.9. The van der Waals surface area contributed by atoms with E-state index in [4.69, 9.17) is 9.08 Å². The van der Waals surface area contributed by atoms with Crippen molar-refractivity contribution in [1.29, 1.82) is 0 Å². The fraction of sp³-hybridized carbons (Fsp3) is 0.111. The van der Waals surface area contributed by atoms with Gasteiger partial charge in [0.15, 0.2) is 5.82 Å². The Balaban J connectivity index is 2.27. The van der Waals surface area contributed by atoms with Crippen LogP contribution in [0.15, 0.2) is 33.3 Å². The minimum absolute atomic E-state index is 0.0783. The van der Waals surface area contributed by atoms with E-state index in [1.54, 1.807) is 24.3 Å². The van der Waals surface area contributed by atoms with Crippen LogP contribution in [0, 0.1) is 0 Å². The van der Waals surface area contributed by atoms with Gasteiger partial charge in [0.05, 0.1) is 0 Å². The van der Waals surface area contributed by atoms with Gasteiger partial charge in [-0.3, -0.25) is 4.55 Å². The normalized spacial score (nSPS) is 11.6. The minimum atomic E-state index is -4.15. The molecular formula is C9H7BrN2O4S. The molecule has 1 heterocycles. The number of halogens is 1. The van der Waals surface area contributed by atoms with Crippen LogP contribution in [0.5, 0.6) is 0 Å². The summed E-state index contributed by atoms with van der Waals surface area (Å²) in [5.74, 6) is -0.533. The van der Waals surface area contributed by atoms with Gasteiger partial charge < -0.3 is 4.52 Å². The summed E-state index contributed by atoms with van der Waals surface area (Å²) in [6, 6.07) is 7.08. The zero-order valence-corrected chi connectivity index (χ0v) is 10.8. The summed E-state index contributed by atoms with van der Waals surface area (Å²) in [6.07, 6.45) is 0. The zero-order valence-electron chi connectivity index (χ0n) is 8.37. The van der Waals surface area contributed by atoms with Crippen molar-refractivity contribution in [3.63, 3.8) is 0 Å². The number of hydrogen-bond donors (Lipinski definition) is 1. The zero-order chi connectivity index (χ0) is 12.5. The molecule has 0 spiro atoms. The van der Waals surface area contributed by atoms with E-state index in [-0.39, 0.29) is 11.7 Å². The standard InChI is InChI=1S/C9H7BrN2O4S/c10-7-3-1-6(2-4-7)9-11-8(12-16-9)5-17(13,14)15/h1-4H,5H2,(H,13,14,15). The third kappa shape index (κ3) is 3.35. The van der Waals surface area contributed by atoms with Crippen LogP contribution < -0.4 is 0 Å². The molecule has 0 fully saturated rings. The highest BCUT2D eigenvalue weighted by Gasteiger charge is 2.14. The Bertz CT molecular complexity index is 621. The van der Waals surface area contributed by atoms with Crippen LogP contribution in [0.3, 0.4) is 0 Å². The molecule has 6 nitrogen and oxygen atoms in total. The smallest absolute Gasteiger partial charge is 0.272 e. The molecule has 0 aliphatic rings. The van der Waals surface area contributed by atoms with Crippen molar-refractivity contribution in [1.82, 2.24) is 10.1 Å². The highest BCUT2D eigenvalue weighted by Crippen LogP contribution is 2.20. The fourth-order valence-corrected chi connectivity index (χ4v) is 1.89. The molecule has 17 heavy (non-hydrogen) atoms. The molecule has 0 aliphatic heterocycles. The Morgan fingerprint density at radius 2 is 1.94 bits per heavy atom. The SMILES string of the molecule is O=S(=O)(O)Cc1noc(-c2ccc(Br)cc2)n1. The lowest BCUT2D eigenvalue weighted by Gasteiger charge is -1.93. The Hall–Kier alpha value is -1.25. The number of benzene rings is 1. The van der Waals surface area contributed by atoms with E-state index in [0.29, 0.717) is 5.56 Å². The lowest BCUT2D eigenvalue weighted by atomic mass is 10.2. The predicted molar refractivity (Wildman–Crippen MR) is 62.7 cm³/mol. The van der Waals surface area contributed by atoms with E-state index in [0.717, 1.165) is 4.47 Å². The van der Waals surface area contributed by atoms with Crippen LogP contribution in [0.25, 0.3) is 11.5 Å². The predicted octanol–water partition coefficient (Wildman–Crippen LogP) is 1.89. The van der Waals surface area contributed by atoms with Crippen LogP contribution in [0.2, 0.25) is 0 Å². The molecule has 0 bridgehead atoms. The van der Waals surface area contributed by atoms with Gasteiger partial charge in [0, 0.05) is 10.0 Å². The summed E-state index contributed by atoms with van der Waals surface area (Å²) in [4.78, 5) is 3.86. The first kappa shape index (κ1) is 12.2. The summed E-state index contributed by atoms with van der Waals surface area (Å²) in [5.41, 5.74) is 0.669. The van der Waals surface area contributed by atoms with Gasteiger partial charge in [-0.25, -0.2) is 0 Å². The summed E-state index contributed by atoms with van der Waals surface area (Å²) < 4.78 is 35.7. The van der Waals surface area contributed by atoms with Crippen LogP contribution in [-0.2, 0) is 15.9 Å². The number of nitrogens with zero attached hydrogens (tertiary/aromatic N) is 2. The molecule has 0 aliphatic carbocycles. The maximum absolute atomic E-state index is 10.6. The maximum Gasteiger partial charge on any atom is 0.272 e. The van der Waals surface area contributed by atoms with Crippen molar-refractivity contribution in [3.8, 4) is 11.5 Å². The second-order valence-electron chi connectivity index (χ2n) is 3.25. The third-order valence-corrected chi connectivity index (χ3v) is 3.02. The molecule has 0 unspecified atom stereocenters. The van der Waals surface area contributed by atoms with Gasteiger partial charge in [-0.2, -0.15) is 13.4 Å². The molecule has 1 aromatic heterocycles. The molecule has 2 rings (SSSR count). The Kier molecular flexibility index (Phi) is 3.27. The van der Waals surface area contributed by atoms with Gasteiger partial charge in [-0.15, -0.1) is 0 Å². The van der Waals surface area contributed by atoms with E-state index < -0.39 is 15.9 Å². The summed E-state index contributed by atoms with van der Waals surface area (Å²) in [7, 11) is -4.15. The molecule has 2 aromatic rings. The van der Waals surface area contributed by atoms with Crippen molar-refractivity contribution in [2.75, 3.05) is 0 Å². The molecule has 0 saturated carbocycles. The van der Waals surface area contributed by atoms with E-state index in [1.165, 1.54) is 0 Å². The van der Waals surface area contributed by atoms with E-state index in [1.807, 2.05) is 0 Å². The molecule has 1 aromatic carbocycles. The lowest BCUT2D eigenvalue weighted by Crippen LogP contribution is -2.02.